The van der Waals surface area contributed by atoms with E-state index in [4.69, 9.17) is 23.8 Å². The van der Waals surface area contributed by atoms with E-state index in [1.807, 2.05) is 0 Å². The molecule has 2 saturated heterocycles. The van der Waals surface area contributed by atoms with Crippen molar-refractivity contribution in [3.05, 3.63) is 0 Å². The van der Waals surface area contributed by atoms with Crippen molar-refractivity contribution >= 4 is 48.6 Å². The quantitative estimate of drug-likeness (QED) is 0.453. The van der Waals surface area contributed by atoms with Crippen LogP contribution in [-0.4, -0.2) is 85.6 Å². The van der Waals surface area contributed by atoms with Crippen LogP contribution in [0.2, 0.25) is 0 Å². The predicted octanol–water partition coefficient (Wildman–Crippen LogP) is -1.25. The summed E-state index contributed by atoms with van der Waals surface area (Å²) in [5, 5.41) is 11.7. The Kier molecular flexibility index (Phi) is 5.59. The Morgan fingerprint density at radius 3 is 2.36 bits per heavy atom. The Bertz CT molecular complexity index is 636. The van der Waals surface area contributed by atoms with Gasteiger partial charge in [-0.05, 0) is 18.6 Å². The smallest absolute Gasteiger partial charge is 0.169 e. The molecule has 128 valence electrons. The first-order valence-corrected chi connectivity index (χ1v) is 11.4. The lowest BCUT2D eigenvalue weighted by atomic mass is 10.2. The molecule has 11 heteroatoms. The number of rotatable bonds is 4. The summed E-state index contributed by atoms with van der Waals surface area (Å²) in [4.78, 5) is 1.62. The standard InChI is InChI=1S/C11H19ClN2O5S3/c12-9-6-22(18,19)7-10(9)13-11(20)14(2-3-15)8-1-4-21(16,17)5-8/h8-10,15H,1-7H2,(H,13,20). The second kappa shape index (κ2) is 6.76. The molecule has 3 atom stereocenters. The average molecular weight is 391 g/mol. The molecular weight excluding hydrogens is 372 g/mol. The highest BCUT2D eigenvalue weighted by atomic mass is 35.5. The van der Waals surface area contributed by atoms with Crippen molar-refractivity contribution in [3.8, 4) is 0 Å². The van der Waals surface area contributed by atoms with Gasteiger partial charge in [0, 0.05) is 12.6 Å². The van der Waals surface area contributed by atoms with E-state index in [1.54, 1.807) is 4.90 Å². The summed E-state index contributed by atoms with van der Waals surface area (Å²) in [6.07, 6.45) is 0.442. The van der Waals surface area contributed by atoms with Crippen molar-refractivity contribution in [1.29, 1.82) is 0 Å². The number of alkyl halides is 1. The third kappa shape index (κ3) is 4.44. The highest BCUT2D eigenvalue weighted by molar-refractivity contribution is 7.92. The summed E-state index contributed by atoms with van der Waals surface area (Å²) in [6, 6.07) is -0.803. The number of aliphatic hydroxyl groups is 1. The Morgan fingerprint density at radius 2 is 1.91 bits per heavy atom. The first-order chi connectivity index (χ1) is 10.1. The van der Waals surface area contributed by atoms with E-state index in [-0.39, 0.29) is 47.3 Å². The van der Waals surface area contributed by atoms with Crippen LogP contribution in [0.3, 0.4) is 0 Å². The molecule has 22 heavy (non-hydrogen) atoms. The van der Waals surface area contributed by atoms with Gasteiger partial charge in [-0.1, -0.05) is 0 Å². The van der Waals surface area contributed by atoms with Gasteiger partial charge in [0.25, 0.3) is 0 Å². The van der Waals surface area contributed by atoms with Crippen LogP contribution >= 0.6 is 23.8 Å². The maximum atomic E-state index is 11.6. The molecule has 2 fully saturated rings. The Hall–Kier alpha value is -0.160. The number of hydrogen-bond acceptors (Lipinski definition) is 6. The Labute approximate surface area is 140 Å². The number of sulfone groups is 2. The SMILES string of the molecule is O=S1(=O)CC(Cl)C(NC(=S)N(CCO)C2CCS(=O)(=O)C2)C1. The van der Waals surface area contributed by atoms with Gasteiger partial charge in [-0.15, -0.1) is 11.6 Å². The minimum Gasteiger partial charge on any atom is -0.395 e. The van der Waals surface area contributed by atoms with E-state index < -0.39 is 31.1 Å². The van der Waals surface area contributed by atoms with Crippen molar-refractivity contribution in [2.24, 2.45) is 0 Å². The van der Waals surface area contributed by atoms with Crippen LogP contribution in [-0.2, 0) is 19.7 Å². The molecule has 7 nitrogen and oxygen atoms in total. The molecule has 0 aromatic carbocycles. The minimum atomic E-state index is -3.18. The molecule has 2 heterocycles. The molecule has 0 radical (unpaired) electrons. The molecule has 2 aliphatic heterocycles. The van der Waals surface area contributed by atoms with Crippen LogP contribution in [0.1, 0.15) is 6.42 Å². The van der Waals surface area contributed by atoms with E-state index in [2.05, 4.69) is 5.32 Å². The van der Waals surface area contributed by atoms with E-state index in [9.17, 15) is 21.9 Å². The van der Waals surface area contributed by atoms with Crippen molar-refractivity contribution < 1.29 is 21.9 Å². The summed E-state index contributed by atoms with van der Waals surface area (Å²) in [7, 11) is -6.27. The predicted molar refractivity (Wildman–Crippen MR) is 88.7 cm³/mol. The third-order valence-corrected chi connectivity index (χ3v) is 8.32. The van der Waals surface area contributed by atoms with Crippen LogP contribution in [0, 0.1) is 0 Å². The molecule has 0 saturated carbocycles. The third-order valence-electron chi connectivity index (χ3n) is 3.84. The summed E-state index contributed by atoms with van der Waals surface area (Å²) in [5.74, 6) is -0.121. The first kappa shape index (κ1) is 18.2. The molecule has 2 aliphatic rings. The maximum Gasteiger partial charge on any atom is 0.169 e. The molecule has 0 bridgehead atoms. The number of halogens is 1. The van der Waals surface area contributed by atoms with Gasteiger partial charge in [-0.25, -0.2) is 16.8 Å². The summed E-state index contributed by atoms with van der Waals surface area (Å²) in [5.41, 5.74) is 0. The average Bonchev–Trinajstić information content (AvgIpc) is 2.85. The van der Waals surface area contributed by atoms with Crippen molar-refractivity contribution in [2.45, 2.75) is 23.9 Å². The zero-order valence-electron chi connectivity index (χ0n) is 11.8. The van der Waals surface area contributed by atoms with Crippen LogP contribution in [0.15, 0.2) is 0 Å². The van der Waals surface area contributed by atoms with Crippen LogP contribution in [0.25, 0.3) is 0 Å². The number of thiocarbonyl (C=S) groups is 1. The molecule has 0 spiro atoms. The molecule has 0 amide bonds. The fraction of sp³-hybridized carbons (Fsp3) is 0.909. The summed E-state index contributed by atoms with van der Waals surface area (Å²) >= 11 is 11.3. The molecule has 3 unspecified atom stereocenters. The largest absolute Gasteiger partial charge is 0.395 e. The van der Waals surface area contributed by atoms with Gasteiger partial charge in [0.2, 0.25) is 0 Å². The Morgan fingerprint density at radius 1 is 1.23 bits per heavy atom. The van der Waals surface area contributed by atoms with E-state index in [0.717, 1.165) is 0 Å². The first-order valence-electron chi connectivity index (χ1n) is 6.86. The van der Waals surface area contributed by atoms with Crippen molar-refractivity contribution in [2.75, 3.05) is 36.2 Å². The molecule has 0 aromatic rings. The number of nitrogens with one attached hydrogen (secondary N) is 1. The maximum absolute atomic E-state index is 11.6. The second-order valence-corrected chi connectivity index (χ2v) is 11.0. The van der Waals surface area contributed by atoms with E-state index >= 15 is 0 Å². The van der Waals surface area contributed by atoms with Gasteiger partial charge in [-0.2, -0.15) is 0 Å². The van der Waals surface area contributed by atoms with Gasteiger partial charge in [0.15, 0.2) is 24.8 Å². The number of aliphatic hydroxyl groups excluding tert-OH is 1. The number of nitrogens with zero attached hydrogens (tertiary/aromatic N) is 1. The highest BCUT2D eigenvalue weighted by Gasteiger charge is 2.39. The van der Waals surface area contributed by atoms with Gasteiger partial charge >= 0.3 is 0 Å². The fourth-order valence-corrected chi connectivity index (χ4v) is 7.43. The second-order valence-electron chi connectivity index (χ2n) is 5.62. The molecule has 2 rings (SSSR count). The topological polar surface area (TPSA) is 104 Å². The highest BCUT2D eigenvalue weighted by Crippen LogP contribution is 2.21. The van der Waals surface area contributed by atoms with Gasteiger partial charge in [0.1, 0.15) is 0 Å². The van der Waals surface area contributed by atoms with E-state index in [0.29, 0.717) is 6.42 Å². The van der Waals surface area contributed by atoms with E-state index in [1.165, 1.54) is 0 Å². The zero-order chi connectivity index (χ0) is 16.5. The normalized spacial score (nSPS) is 32.7. The van der Waals surface area contributed by atoms with Crippen molar-refractivity contribution in [3.63, 3.8) is 0 Å². The van der Waals surface area contributed by atoms with Crippen LogP contribution in [0.4, 0.5) is 0 Å². The Balaban J connectivity index is 2.04. The monoisotopic (exact) mass is 390 g/mol. The number of hydrogen-bond donors (Lipinski definition) is 2. The summed E-state index contributed by atoms with van der Waals surface area (Å²) < 4.78 is 46.3. The molecule has 0 aliphatic carbocycles. The lowest BCUT2D eigenvalue weighted by Gasteiger charge is -2.32. The fourth-order valence-electron chi connectivity index (χ4n) is 2.76. The lowest BCUT2D eigenvalue weighted by molar-refractivity contribution is 0.224. The molecular formula is C11H19ClN2O5S3. The summed E-state index contributed by atoms with van der Waals surface area (Å²) in [6.45, 7) is 0.0179. The van der Waals surface area contributed by atoms with Gasteiger partial charge in [-0.3, -0.25) is 0 Å². The van der Waals surface area contributed by atoms with Crippen LogP contribution < -0.4 is 5.32 Å². The van der Waals surface area contributed by atoms with Gasteiger partial charge < -0.3 is 15.3 Å². The lowest BCUT2D eigenvalue weighted by Crippen LogP contribution is -2.52. The van der Waals surface area contributed by atoms with Gasteiger partial charge in [0.05, 0.1) is 41.0 Å². The van der Waals surface area contributed by atoms with Crippen molar-refractivity contribution in [1.82, 2.24) is 10.2 Å². The minimum absolute atomic E-state index is 0.0118. The zero-order valence-corrected chi connectivity index (χ0v) is 15.0. The van der Waals surface area contributed by atoms with Crippen LogP contribution in [0.5, 0.6) is 0 Å². The molecule has 2 N–H and O–H groups in total. The molecule has 0 aromatic heterocycles.